The maximum absolute atomic E-state index is 10.6. The molecule has 0 aromatic rings. The van der Waals surface area contributed by atoms with E-state index in [9.17, 15) is 4.79 Å². The minimum Gasteiger partial charge on any atom is -1.00 e. The molecule has 0 saturated heterocycles. The molecule has 0 saturated carbocycles. The fourth-order valence-corrected chi connectivity index (χ4v) is 0.872. The Kier molecular flexibility index (Phi) is 9.75. The van der Waals surface area contributed by atoms with E-state index < -0.39 is 0 Å². The third-order valence-corrected chi connectivity index (χ3v) is 1.30. The van der Waals surface area contributed by atoms with Crippen LogP contribution in [0.15, 0.2) is 0 Å². The minimum absolute atomic E-state index is 0. The molecule has 0 bridgehead atoms. The molecule has 0 spiro atoms. The van der Waals surface area contributed by atoms with Crippen molar-refractivity contribution in [2.75, 3.05) is 13.1 Å². The molecule has 0 aliphatic carbocycles. The molecule has 0 aromatic heterocycles. The number of urea groups is 1. The summed E-state index contributed by atoms with van der Waals surface area (Å²) >= 11 is 0. The number of amides is 2. The number of primary amides is 1. The predicted molar refractivity (Wildman–Crippen MR) is 42.9 cm³/mol. The van der Waals surface area contributed by atoms with E-state index in [0.29, 0.717) is 0 Å². The van der Waals surface area contributed by atoms with Crippen LogP contribution in [0.2, 0.25) is 0 Å². The predicted octanol–water partition coefficient (Wildman–Crippen LogP) is -1.70. The number of hydrogen-bond acceptors (Lipinski definition) is 1. The van der Waals surface area contributed by atoms with Crippen molar-refractivity contribution in [1.82, 2.24) is 4.90 Å². The van der Waals surface area contributed by atoms with Gasteiger partial charge < -0.3 is 12.1 Å². The summed E-state index contributed by atoms with van der Waals surface area (Å²) in [4.78, 5) is 12.3. The molecule has 0 aliphatic rings. The van der Waals surface area contributed by atoms with Gasteiger partial charge in [0.1, 0.15) is 0 Å². The van der Waals surface area contributed by atoms with Crippen LogP contribution >= 0.6 is 0 Å². The summed E-state index contributed by atoms with van der Waals surface area (Å²) in [5.41, 5.74) is 5.10. The van der Waals surface area contributed by atoms with Crippen LogP contribution < -0.4 is 24.6 Å². The maximum Gasteiger partial charge on any atom is 1.00 e. The zero-order chi connectivity index (χ0) is 7.98. The molecule has 62 valence electrons. The third-order valence-electron chi connectivity index (χ3n) is 1.30. The Morgan fingerprint density at radius 3 is 1.91 bits per heavy atom. The van der Waals surface area contributed by atoms with E-state index in [2.05, 4.69) is 0 Å². The second kappa shape index (κ2) is 7.97. The summed E-state index contributed by atoms with van der Waals surface area (Å²) in [7, 11) is 0. The second-order valence-electron chi connectivity index (χ2n) is 2.33. The molecule has 0 aromatic carbocycles. The van der Waals surface area contributed by atoms with Gasteiger partial charge in [-0.1, -0.05) is 13.8 Å². The molecular weight excluding hydrogens is 135 g/mol. The number of hydrogen-bond donors (Lipinski definition) is 1. The fourth-order valence-electron chi connectivity index (χ4n) is 0.872. The van der Waals surface area contributed by atoms with E-state index in [0.717, 1.165) is 25.9 Å². The molecule has 0 fully saturated rings. The number of nitrogens with two attached hydrogens (primary N) is 1. The second-order valence-corrected chi connectivity index (χ2v) is 2.33. The topological polar surface area (TPSA) is 46.3 Å². The van der Waals surface area contributed by atoms with Gasteiger partial charge in [-0.15, -0.1) is 0 Å². The fraction of sp³-hybridized carbons (Fsp3) is 0.857. The summed E-state index contributed by atoms with van der Waals surface area (Å²) < 4.78 is 0. The van der Waals surface area contributed by atoms with Crippen molar-refractivity contribution in [3.63, 3.8) is 0 Å². The first kappa shape index (κ1) is 13.5. The van der Waals surface area contributed by atoms with Crippen LogP contribution in [0.25, 0.3) is 0 Å². The van der Waals surface area contributed by atoms with Crippen LogP contribution in [0.5, 0.6) is 0 Å². The van der Waals surface area contributed by atoms with Gasteiger partial charge in [0.25, 0.3) is 0 Å². The number of carbonyl (C=O) groups excluding carboxylic acids is 1. The summed E-state index contributed by atoms with van der Waals surface area (Å²) in [5.74, 6) is 0. The quantitative estimate of drug-likeness (QED) is 0.480. The SMILES string of the molecule is CCCN(CCC)C(N)=O.[H-].[Li+]. The Hall–Kier alpha value is -0.133. The first-order valence-electron chi connectivity index (χ1n) is 3.76. The largest absolute Gasteiger partial charge is 1.00 e. The zero-order valence-electron chi connectivity index (χ0n) is 8.76. The molecule has 2 N–H and O–H groups in total. The van der Waals surface area contributed by atoms with Crippen LogP contribution in [-0.2, 0) is 0 Å². The summed E-state index contributed by atoms with van der Waals surface area (Å²) in [6.45, 7) is 5.63. The molecule has 0 rings (SSSR count). The Balaban J connectivity index is -0.000000405. The molecule has 0 heterocycles. The molecule has 0 atom stereocenters. The van der Waals surface area contributed by atoms with Crippen molar-refractivity contribution in [3.05, 3.63) is 0 Å². The van der Waals surface area contributed by atoms with Crippen molar-refractivity contribution in [1.29, 1.82) is 0 Å². The maximum atomic E-state index is 10.6. The normalized spacial score (nSPS) is 8.55. The number of rotatable bonds is 4. The zero-order valence-corrected chi connectivity index (χ0v) is 7.76. The minimum atomic E-state index is -0.302. The van der Waals surface area contributed by atoms with Gasteiger partial charge in [-0.05, 0) is 12.8 Å². The van der Waals surface area contributed by atoms with Crippen molar-refractivity contribution in [2.45, 2.75) is 26.7 Å². The smallest absolute Gasteiger partial charge is 1.00 e. The van der Waals surface area contributed by atoms with E-state index >= 15 is 0 Å². The Morgan fingerprint density at radius 2 is 1.73 bits per heavy atom. The van der Waals surface area contributed by atoms with E-state index in [1.54, 1.807) is 4.90 Å². The third kappa shape index (κ3) is 6.27. The Labute approximate surface area is 82.0 Å². The molecule has 4 heteroatoms. The molecule has 11 heavy (non-hydrogen) atoms. The Morgan fingerprint density at radius 1 is 1.36 bits per heavy atom. The first-order chi connectivity index (χ1) is 4.72. The summed E-state index contributed by atoms with van der Waals surface area (Å²) in [5, 5.41) is 0. The van der Waals surface area contributed by atoms with Crippen molar-refractivity contribution < 1.29 is 25.1 Å². The summed E-state index contributed by atoms with van der Waals surface area (Å²) in [6.07, 6.45) is 1.95. The van der Waals surface area contributed by atoms with E-state index in [4.69, 9.17) is 5.73 Å². The van der Waals surface area contributed by atoms with Crippen molar-refractivity contribution in [2.24, 2.45) is 5.73 Å². The van der Waals surface area contributed by atoms with Gasteiger partial charge in [-0.2, -0.15) is 0 Å². The van der Waals surface area contributed by atoms with Gasteiger partial charge >= 0.3 is 24.9 Å². The van der Waals surface area contributed by atoms with Crippen LogP contribution in [0, 0.1) is 0 Å². The Bertz CT molecular complexity index is 108. The van der Waals surface area contributed by atoms with E-state index in [1.807, 2.05) is 13.8 Å². The molecule has 0 radical (unpaired) electrons. The monoisotopic (exact) mass is 152 g/mol. The van der Waals surface area contributed by atoms with Gasteiger partial charge in [0.15, 0.2) is 0 Å². The van der Waals surface area contributed by atoms with Crippen LogP contribution in [0.3, 0.4) is 0 Å². The van der Waals surface area contributed by atoms with Crippen molar-refractivity contribution >= 4 is 6.03 Å². The van der Waals surface area contributed by atoms with Gasteiger partial charge in [0, 0.05) is 13.1 Å². The summed E-state index contributed by atoms with van der Waals surface area (Å²) in [6, 6.07) is -0.302. The van der Waals surface area contributed by atoms with Gasteiger partial charge in [-0.25, -0.2) is 4.79 Å². The van der Waals surface area contributed by atoms with Gasteiger partial charge in [0.05, 0.1) is 0 Å². The molecule has 3 nitrogen and oxygen atoms in total. The standard InChI is InChI=1S/C7H16N2O.Li.H/c1-3-5-9(6-4-2)7(8)10;;/h3-6H2,1-2H3,(H2,8,10);;/q;+1;-1. The van der Waals surface area contributed by atoms with E-state index in [-0.39, 0.29) is 26.3 Å². The molecule has 0 unspecified atom stereocenters. The van der Waals surface area contributed by atoms with Gasteiger partial charge in [0.2, 0.25) is 0 Å². The number of carbonyl (C=O) groups is 1. The molecule has 2 amide bonds. The van der Waals surface area contributed by atoms with Crippen LogP contribution in [0.1, 0.15) is 28.1 Å². The van der Waals surface area contributed by atoms with E-state index in [1.165, 1.54) is 0 Å². The van der Waals surface area contributed by atoms with Crippen LogP contribution in [0.4, 0.5) is 4.79 Å². The molecular formula is C7H17LiN2O. The van der Waals surface area contributed by atoms with Gasteiger partial charge in [-0.3, -0.25) is 0 Å². The average Bonchev–Trinajstić information content (AvgIpc) is 1.87. The first-order valence-corrected chi connectivity index (χ1v) is 3.76. The average molecular weight is 152 g/mol. The van der Waals surface area contributed by atoms with Crippen LogP contribution in [-0.4, -0.2) is 24.0 Å². The van der Waals surface area contributed by atoms with Crippen molar-refractivity contribution in [3.8, 4) is 0 Å². The number of nitrogens with zero attached hydrogens (tertiary/aromatic N) is 1. The molecule has 0 aliphatic heterocycles.